The average molecular weight is 315 g/mol. The van der Waals surface area contributed by atoms with E-state index in [9.17, 15) is 8.42 Å². The fourth-order valence-electron chi connectivity index (χ4n) is 1.90. The molecule has 0 aliphatic rings. The zero-order chi connectivity index (χ0) is 15.6. The lowest BCUT2D eigenvalue weighted by Crippen LogP contribution is -2.03. The maximum atomic E-state index is 12.5. The average Bonchev–Trinajstić information content (AvgIpc) is 2.98. The minimum absolute atomic E-state index is 0.0831. The van der Waals surface area contributed by atoms with E-state index in [1.54, 1.807) is 42.6 Å². The lowest BCUT2D eigenvalue weighted by atomic mass is 10.2. The van der Waals surface area contributed by atoms with Gasteiger partial charge in [-0.3, -0.25) is 0 Å². The Morgan fingerprint density at radius 2 is 1.86 bits per heavy atom. The summed E-state index contributed by atoms with van der Waals surface area (Å²) in [6.45, 7) is 2.21. The normalized spacial score (nSPS) is 11.5. The lowest BCUT2D eigenvalue weighted by molar-refractivity contribution is 0.591. The van der Waals surface area contributed by atoms with E-state index in [2.05, 4.69) is 20.5 Å². The van der Waals surface area contributed by atoms with E-state index in [1.165, 1.54) is 10.9 Å². The molecule has 0 radical (unpaired) electrons. The zero-order valence-corrected chi connectivity index (χ0v) is 12.6. The Morgan fingerprint density at radius 1 is 1.09 bits per heavy atom. The molecule has 2 heterocycles. The van der Waals surface area contributed by atoms with E-state index in [4.69, 9.17) is 0 Å². The first kappa shape index (κ1) is 14.3. The Morgan fingerprint density at radius 3 is 2.55 bits per heavy atom. The van der Waals surface area contributed by atoms with Crippen LogP contribution in [0.25, 0.3) is 0 Å². The van der Waals surface area contributed by atoms with Crippen molar-refractivity contribution < 1.29 is 8.42 Å². The number of sulfone groups is 1. The smallest absolute Gasteiger partial charge is 0.227 e. The van der Waals surface area contributed by atoms with Gasteiger partial charge in [0.15, 0.2) is 0 Å². The standard InChI is InChI=1S/C14H13N5O2S/c1-11-4-6-13(7-5-11)22(20,21)14-10-19(18-17-14)9-12-3-2-8-15-16-12/h2-8,10H,9H2,1H3. The minimum atomic E-state index is -3.66. The van der Waals surface area contributed by atoms with Gasteiger partial charge in [-0.05, 0) is 31.2 Å². The fraction of sp³-hybridized carbons (Fsp3) is 0.143. The molecule has 1 aromatic carbocycles. The van der Waals surface area contributed by atoms with E-state index in [1.807, 2.05) is 6.92 Å². The monoisotopic (exact) mass is 315 g/mol. The first-order chi connectivity index (χ1) is 10.6. The number of aromatic nitrogens is 5. The predicted octanol–water partition coefficient (Wildman–Crippen LogP) is 1.26. The van der Waals surface area contributed by atoms with Gasteiger partial charge >= 0.3 is 0 Å². The van der Waals surface area contributed by atoms with Crippen LogP contribution in [-0.4, -0.2) is 33.6 Å². The molecule has 0 aliphatic carbocycles. The van der Waals surface area contributed by atoms with Crippen molar-refractivity contribution in [3.05, 3.63) is 60.0 Å². The third-order valence-electron chi connectivity index (χ3n) is 3.08. The maximum Gasteiger partial charge on any atom is 0.227 e. The lowest BCUT2D eigenvalue weighted by Gasteiger charge is -2.01. The summed E-state index contributed by atoms with van der Waals surface area (Å²) in [5, 5.41) is 15.2. The van der Waals surface area contributed by atoms with Crippen LogP contribution in [-0.2, 0) is 16.4 Å². The van der Waals surface area contributed by atoms with E-state index < -0.39 is 9.84 Å². The third-order valence-corrected chi connectivity index (χ3v) is 4.71. The molecule has 0 fully saturated rings. The summed E-state index contributed by atoms with van der Waals surface area (Å²) in [5.41, 5.74) is 1.66. The second-order valence-electron chi connectivity index (χ2n) is 4.79. The van der Waals surface area contributed by atoms with Crippen molar-refractivity contribution in [2.75, 3.05) is 0 Å². The molecule has 0 unspecified atom stereocenters. The van der Waals surface area contributed by atoms with Crippen LogP contribution in [0.3, 0.4) is 0 Å². The second-order valence-corrected chi connectivity index (χ2v) is 6.68. The molecule has 8 heteroatoms. The molecule has 2 aromatic heterocycles. The Labute approximate surface area is 127 Å². The van der Waals surface area contributed by atoms with Gasteiger partial charge in [0, 0.05) is 6.20 Å². The predicted molar refractivity (Wildman–Crippen MR) is 77.8 cm³/mol. The number of nitrogens with zero attached hydrogens (tertiary/aromatic N) is 5. The molecule has 7 nitrogen and oxygen atoms in total. The van der Waals surface area contributed by atoms with Crippen LogP contribution in [0.1, 0.15) is 11.3 Å². The summed E-state index contributed by atoms with van der Waals surface area (Å²) in [6, 6.07) is 10.2. The first-order valence-corrected chi connectivity index (χ1v) is 8.02. The summed E-state index contributed by atoms with van der Waals surface area (Å²) in [6.07, 6.45) is 2.96. The summed E-state index contributed by atoms with van der Waals surface area (Å²) in [7, 11) is -3.66. The highest BCUT2D eigenvalue weighted by Gasteiger charge is 2.21. The molecular weight excluding hydrogens is 302 g/mol. The molecule has 0 saturated heterocycles. The summed E-state index contributed by atoms with van der Waals surface area (Å²) in [5.74, 6) is 0. The van der Waals surface area contributed by atoms with Gasteiger partial charge in [-0.2, -0.15) is 10.2 Å². The van der Waals surface area contributed by atoms with Gasteiger partial charge < -0.3 is 0 Å². The van der Waals surface area contributed by atoms with Crippen molar-refractivity contribution in [1.82, 2.24) is 25.2 Å². The SMILES string of the molecule is Cc1ccc(S(=O)(=O)c2cn(Cc3cccnn3)nn2)cc1. The third kappa shape index (κ3) is 2.86. The van der Waals surface area contributed by atoms with Crippen molar-refractivity contribution in [2.45, 2.75) is 23.4 Å². The second kappa shape index (κ2) is 5.64. The number of aryl methyl sites for hydroxylation is 1. The molecule has 3 aromatic rings. The van der Waals surface area contributed by atoms with E-state index in [-0.39, 0.29) is 9.92 Å². The highest BCUT2D eigenvalue weighted by Crippen LogP contribution is 2.18. The highest BCUT2D eigenvalue weighted by atomic mass is 32.2. The van der Waals surface area contributed by atoms with Crippen LogP contribution < -0.4 is 0 Å². The van der Waals surface area contributed by atoms with Gasteiger partial charge in [-0.25, -0.2) is 13.1 Å². The molecule has 3 rings (SSSR count). The molecule has 0 aliphatic heterocycles. The van der Waals surface area contributed by atoms with Crippen LogP contribution in [0.2, 0.25) is 0 Å². The molecule has 22 heavy (non-hydrogen) atoms. The Kier molecular flexibility index (Phi) is 3.68. The Bertz CT molecular complexity index is 873. The molecule has 0 atom stereocenters. The number of hydrogen-bond acceptors (Lipinski definition) is 6. The van der Waals surface area contributed by atoms with Crippen molar-refractivity contribution in [3.63, 3.8) is 0 Å². The van der Waals surface area contributed by atoms with Gasteiger partial charge in [0.1, 0.15) is 0 Å². The molecule has 0 saturated carbocycles. The number of rotatable bonds is 4. The van der Waals surface area contributed by atoms with Crippen molar-refractivity contribution in [1.29, 1.82) is 0 Å². The van der Waals surface area contributed by atoms with Crippen molar-refractivity contribution in [2.24, 2.45) is 0 Å². The molecule has 112 valence electrons. The minimum Gasteiger partial charge on any atom is -0.245 e. The van der Waals surface area contributed by atoms with E-state index in [0.717, 1.165) is 5.56 Å². The van der Waals surface area contributed by atoms with Gasteiger partial charge in [-0.1, -0.05) is 22.9 Å². The van der Waals surface area contributed by atoms with Gasteiger partial charge in [0.05, 0.1) is 23.3 Å². The maximum absolute atomic E-state index is 12.5. The molecule has 0 bridgehead atoms. The summed E-state index contributed by atoms with van der Waals surface area (Å²) >= 11 is 0. The van der Waals surface area contributed by atoms with Crippen LogP contribution in [0.4, 0.5) is 0 Å². The summed E-state index contributed by atoms with van der Waals surface area (Å²) < 4.78 is 26.4. The highest BCUT2D eigenvalue weighted by molar-refractivity contribution is 7.91. The van der Waals surface area contributed by atoms with Gasteiger partial charge in [-0.15, -0.1) is 5.10 Å². The van der Waals surface area contributed by atoms with Crippen LogP contribution in [0.5, 0.6) is 0 Å². The van der Waals surface area contributed by atoms with Gasteiger partial charge in [0.25, 0.3) is 0 Å². The number of benzene rings is 1. The zero-order valence-electron chi connectivity index (χ0n) is 11.8. The Hall–Kier alpha value is -2.61. The quantitative estimate of drug-likeness (QED) is 0.720. The molecule has 0 N–H and O–H groups in total. The molecule has 0 spiro atoms. The van der Waals surface area contributed by atoms with Crippen molar-refractivity contribution in [3.8, 4) is 0 Å². The molecule has 0 amide bonds. The summed E-state index contributed by atoms with van der Waals surface area (Å²) in [4.78, 5) is 0.199. The van der Waals surface area contributed by atoms with Gasteiger partial charge in [0.2, 0.25) is 14.9 Å². The van der Waals surface area contributed by atoms with Crippen LogP contribution in [0.15, 0.2) is 58.7 Å². The van der Waals surface area contributed by atoms with E-state index >= 15 is 0 Å². The Balaban J connectivity index is 1.88. The van der Waals surface area contributed by atoms with Crippen LogP contribution in [0, 0.1) is 6.92 Å². The fourth-order valence-corrected chi connectivity index (χ4v) is 3.04. The van der Waals surface area contributed by atoms with Crippen LogP contribution >= 0.6 is 0 Å². The largest absolute Gasteiger partial charge is 0.245 e. The van der Waals surface area contributed by atoms with Crippen molar-refractivity contribution >= 4 is 9.84 Å². The van der Waals surface area contributed by atoms with E-state index in [0.29, 0.717) is 12.2 Å². The molecular formula is C14H13N5O2S. The first-order valence-electron chi connectivity index (χ1n) is 6.54. The topological polar surface area (TPSA) is 90.6 Å². The number of hydrogen-bond donors (Lipinski definition) is 0.